The van der Waals surface area contributed by atoms with E-state index in [9.17, 15) is 18.0 Å². The van der Waals surface area contributed by atoms with Crippen molar-refractivity contribution < 1.29 is 18.0 Å². The lowest BCUT2D eigenvalue weighted by Gasteiger charge is -2.07. The van der Waals surface area contributed by atoms with Gasteiger partial charge < -0.3 is 10.3 Å². The van der Waals surface area contributed by atoms with Crippen LogP contribution >= 0.6 is 0 Å². The molecule has 1 amide bonds. The third kappa shape index (κ3) is 3.26. The highest BCUT2D eigenvalue weighted by atomic mass is 19.2. The summed E-state index contributed by atoms with van der Waals surface area (Å²) >= 11 is 0. The van der Waals surface area contributed by atoms with Gasteiger partial charge in [-0.15, -0.1) is 0 Å². The first kappa shape index (κ1) is 15.2. The van der Waals surface area contributed by atoms with Gasteiger partial charge in [0.1, 0.15) is 0 Å². The van der Waals surface area contributed by atoms with E-state index >= 15 is 0 Å². The van der Waals surface area contributed by atoms with E-state index in [2.05, 4.69) is 10.3 Å². The van der Waals surface area contributed by atoms with E-state index in [1.807, 2.05) is 19.9 Å². The normalized spacial score (nSPS) is 10.7. The number of rotatable bonds is 4. The van der Waals surface area contributed by atoms with Gasteiger partial charge in [-0.25, -0.2) is 13.2 Å². The summed E-state index contributed by atoms with van der Waals surface area (Å²) in [6.07, 6.45) is 0.563. The smallest absolute Gasteiger partial charge is 0.254 e. The molecule has 0 aliphatic heterocycles. The molecule has 0 bridgehead atoms. The molecule has 0 atom stereocenters. The van der Waals surface area contributed by atoms with Crippen molar-refractivity contribution in [3.05, 3.63) is 58.2 Å². The first-order valence-electron chi connectivity index (χ1n) is 6.47. The third-order valence-electron chi connectivity index (χ3n) is 3.22. The van der Waals surface area contributed by atoms with Gasteiger partial charge in [-0.2, -0.15) is 0 Å². The molecule has 1 aromatic heterocycles. The molecule has 0 radical (unpaired) electrons. The molecule has 21 heavy (non-hydrogen) atoms. The largest absolute Gasteiger partial charge is 0.362 e. The minimum Gasteiger partial charge on any atom is -0.362 e. The highest BCUT2D eigenvalue weighted by molar-refractivity contribution is 5.94. The number of aromatic nitrogens is 1. The molecule has 0 aliphatic rings. The summed E-state index contributed by atoms with van der Waals surface area (Å²) in [6.45, 7) is 4.11. The van der Waals surface area contributed by atoms with Gasteiger partial charge >= 0.3 is 0 Å². The maximum atomic E-state index is 13.4. The fourth-order valence-electron chi connectivity index (χ4n) is 2.15. The van der Waals surface area contributed by atoms with E-state index in [0.29, 0.717) is 6.42 Å². The zero-order valence-corrected chi connectivity index (χ0v) is 11.7. The Morgan fingerprint density at radius 3 is 2.52 bits per heavy atom. The fourth-order valence-corrected chi connectivity index (χ4v) is 2.15. The maximum Gasteiger partial charge on any atom is 0.254 e. The van der Waals surface area contributed by atoms with Gasteiger partial charge in [0.15, 0.2) is 17.5 Å². The van der Waals surface area contributed by atoms with Crippen molar-refractivity contribution in [3.63, 3.8) is 0 Å². The fraction of sp³-hybridized carbons (Fsp3) is 0.267. The zero-order valence-electron chi connectivity index (χ0n) is 11.7. The Balaban J connectivity index is 1.99. The predicted octanol–water partition coefficient (Wildman–Crippen LogP) is 3.02. The second-order valence-electron chi connectivity index (χ2n) is 4.83. The standard InChI is InChI=1S/C15H15F3N2O/c1-8-7-10(9(2)20-8)5-6-19-15(21)11-3-4-12(16)14(18)13(11)17/h3-4,7,20H,5-6H2,1-2H3,(H,19,21). The molecular formula is C15H15F3N2O. The van der Waals surface area contributed by atoms with Gasteiger partial charge in [0.05, 0.1) is 5.56 Å². The van der Waals surface area contributed by atoms with Crippen molar-refractivity contribution >= 4 is 5.91 Å². The van der Waals surface area contributed by atoms with Crippen molar-refractivity contribution in [2.45, 2.75) is 20.3 Å². The minimum absolute atomic E-state index is 0.273. The number of carbonyl (C=O) groups is 1. The van der Waals surface area contributed by atoms with E-state index in [4.69, 9.17) is 0 Å². The van der Waals surface area contributed by atoms with Crippen molar-refractivity contribution in [1.29, 1.82) is 0 Å². The molecule has 0 aliphatic carbocycles. The Morgan fingerprint density at radius 2 is 1.90 bits per heavy atom. The van der Waals surface area contributed by atoms with Crippen LogP contribution < -0.4 is 5.32 Å². The van der Waals surface area contributed by atoms with Crippen LogP contribution in [-0.4, -0.2) is 17.4 Å². The lowest BCUT2D eigenvalue weighted by Crippen LogP contribution is -2.27. The number of hydrogen-bond donors (Lipinski definition) is 2. The Labute approximate surface area is 120 Å². The number of carbonyl (C=O) groups excluding carboxylic acids is 1. The van der Waals surface area contributed by atoms with E-state index < -0.39 is 28.9 Å². The number of aryl methyl sites for hydroxylation is 2. The summed E-state index contributed by atoms with van der Waals surface area (Å²) in [7, 11) is 0. The Hall–Kier alpha value is -2.24. The van der Waals surface area contributed by atoms with Crippen LogP contribution in [0.25, 0.3) is 0 Å². The van der Waals surface area contributed by atoms with Gasteiger partial charge in [-0.1, -0.05) is 0 Å². The number of nitrogens with one attached hydrogen (secondary N) is 2. The topological polar surface area (TPSA) is 44.9 Å². The molecule has 112 valence electrons. The second kappa shape index (κ2) is 6.03. The molecule has 1 aromatic carbocycles. The Bertz CT molecular complexity index is 680. The van der Waals surface area contributed by atoms with E-state index in [-0.39, 0.29) is 6.54 Å². The SMILES string of the molecule is Cc1cc(CCNC(=O)c2ccc(F)c(F)c2F)c(C)[nH]1. The monoisotopic (exact) mass is 296 g/mol. The molecule has 6 heteroatoms. The highest BCUT2D eigenvalue weighted by Gasteiger charge is 2.18. The van der Waals surface area contributed by atoms with Gasteiger partial charge in [0, 0.05) is 17.9 Å². The predicted molar refractivity (Wildman–Crippen MR) is 72.6 cm³/mol. The lowest BCUT2D eigenvalue weighted by molar-refractivity contribution is 0.0949. The summed E-state index contributed by atoms with van der Waals surface area (Å²) in [5.74, 6) is -5.19. The molecule has 0 unspecified atom stereocenters. The van der Waals surface area contributed by atoms with Crippen LogP contribution in [0.5, 0.6) is 0 Å². The van der Waals surface area contributed by atoms with Crippen LogP contribution in [0, 0.1) is 31.3 Å². The maximum absolute atomic E-state index is 13.4. The third-order valence-corrected chi connectivity index (χ3v) is 3.22. The molecule has 3 nitrogen and oxygen atoms in total. The molecule has 2 N–H and O–H groups in total. The summed E-state index contributed by atoms with van der Waals surface area (Å²) in [5.41, 5.74) is 2.55. The molecule has 0 spiro atoms. The summed E-state index contributed by atoms with van der Waals surface area (Å²) in [6, 6.07) is 3.61. The average molecular weight is 296 g/mol. The molecule has 0 fully saturated rings. The van der Waals surface area contributed by atoms with Gasteiger partial charge in [-0.05, 0) is 44.0 Å². The number of hydrogen-bond acceptors (Lipinski definition) is 1. The summed E-state index contributed by atoms with van der Waals surface area (Å²) < 4.78 is 39.3. The zero-order chi connectivity index (χ0) is 15.6. The number of benzene rings is 1. The molecule has 2 rings (SSSR count). The first-order chi connectivity index (χ1) is 9.90. The van der Waals surface area contributed by atoms with Crippen LogP contribution in [0.2, 0.25) is 0 Å². The molecule has 0 saturated heterocycles. The van der Waals surface area contributed by atoms with Crippen LogP contribution in [-0.2, 0) is 6.42 Å². The molecule has 0 saturated carbocycles. The number of H-pyrrole nitrogens is 1. The van der Waals surface area contributed by atoms with E-state index in [0.717, 1.165) is 29.1 Å². The molecule has 1 heterocycles. The Kier molecular flexibility index (Phi) is 4.35. The Morgan fingerprint density at radius 1 is 1.19 bits per heavy atom. The van der Waals surface area contributed by atoms with Crippen molar-refractivity contribution in [1.82, 2.24) is 10.3 Å². The van der Waals surface area contributed by atoms with Gasteiger partial charge in [0.2, 0.25) is 0 Å². The summed E-state index contributed by atoms with van der Waals surface area (Å²) in [4.78, 5) is 14.9. The van der Waals surface area contributed by atoms with Crippen LogP contribution in [0.15, 0.2) is 18.2 Å². The van der Waals surface area contributed by atoms with Crippen LogP contribution in [0.4, 0.5) is 13.2 Å². The van der Waals surface area contributed by atoms with Crippen molar-refractivity contribution in [3.8, 4) is 0 Å². The van der Waals surface area contributed by atoms with Crippen LogP contribution in [0.1, 0.15) is 27.3 Å². The number of aromatic amines is 1. The van der Waals surface area contributed by atoms with Crippen molar-refractivity contribution in [2.24, 2.45) is 0 Å². The lowest BCUT2D eigenvalue weighted by atomic mass is 10.1. The van der Waals surface area contributed by atoms with E-state index in [1.54, 1.807) is 0 Å². The quantitative estimate of drug-likeness (QED) is 0.837. The minimum atomic E-state index is -1.64. The summed E-state index contributed by atoms with van der Waals surface area (Å²) in [5, 5.41) is 2.49. The molecular weight excluding hydrogens is 281 g/mol. The van der Waals surface area contributed by atoms with E-state index in [1.165, 1.54) is 0 Å². The highest BCUT2D eigenvalue weighted by Crippen LogP contribution is 2.15. The van der Waals surface area contributed by atoms with Crippen molar-refractivity contribution in [2.75, 3.05) is 6.54 Å². The average Bonchev–Trinajstić information content (AvgIpc) is 2.74. The van der Waals surface area contributed by atoms with Gasteiger partial charge in [0.25, 0.3) is 5.91 Å². The van der Waals surface area contributed by atoms with Gasteiger partial charge in [-0.3, -0.25) is 4.79 Å². The number of amides is 1. The molecule has 2 aromatic rings. The first-order valence-corrected chi connectivity index (χ1v) is 6.47. The van der Waals surface area contributed by atoms with Crippen LogP contribution in [0.3, 0.4) is 0 Å². The second-order valence-corrected chi connectivity index (χ2v) is 4.83. The number of halogens is 3.